The number of fused-ring (bicyclic) bond motifs is 1. The maximum atomic E-state index is 9.79. The Hall–Kier alpha value is -1.73. The first-order valence-electron chi connectivity index (χ1n) is 4.08. The molecule has 3 N–H and O–H groups in total. The molecule has 2 aromatic rings. The summed E-state index contributed by atoms with van der Waals surface area (Å²) in [5.41, 5.74) is 7.01. The highest BCUT2D eigenvalue weighted by molar-refractivity contribution is 7.17. The molecule has 1 aromatic carbocycles. The molecule has 0 aliphatic heterocycles. The van der Waals surface area contributed by atoms with Crippen LogP contribution in [-0.2, 0) is 6.42 Å². The molecule has 4 heteroatoms. The van der Waals surface area contributed by atoms with Gasteiger partial charge in [-0.25, -0.2) is 0 Å². The summed E-state index contributed by atoms with van der Waals surface area (Å²) < 4.78 is 0.879. The van der Waals surface area contributed by atoms with Crippen LogP contribution in [0.15, 0.2) is 17.5 Å². The van der Waals surface area contributed by atoms with Crippen LogP contribution in [0.2, 0.25) is 0 Å². The number of anilines is 1. The lowest BCUT2D eigenvalue weighted by atomic mass is 10.1. The fraction of sp³-hybridized carbons (Fsp3) is 0.100. The first-order valence-corrected chi connectivity index (χ1v) is 4.96. The average Bonchev–Trinajstić information content (AvgIpc) is 2.63. The normalized spacial score (nSPS) is 10.2. The number of benzene rings is 1. The van der Waals surface area contributed by atoms with Crippen LogP contribution < -0.4 is 5.73 Å². The monoisotopic (exact) mass is 204 g/mol. The van der Waals surface area contributed by atoms with Crippen molar-refractivity contribution in [1.29, 1.82) is 5.26 Å². The van der Waals surface area contributed by atoms with Crippen molar-refractivity contribution in [3.8, 4) is 11.8 Å². The molecule has 0 aliphatic carbocycles. The third-order valence-corrected chi connectivity index (χ3v) is 3.05. The highest BCUT2D eigenvalue weighted by Gasteiger charge is 2.10. The lowest BCUT2D eigenvalue weighted by Crippen LogP contribution is -1.90. The molecule has 70 valence electrons. The van der Waals surface area contributed by atoms with E-state index in [0.717, 1.165) is 10.1 Å². The number of thiophene rings is 1. The van der Waals surface area contributed by atoms with Crippen molar-refractivity contribution in [1.82, 2.24) is 0 Å². The van der Waals surface area contributed by atoms with Crippen LogP contribution in [0.25, 0.3) is 10.1 Å². The molecule has 3 nitrogen and oxygen atoms in total. The van der Waals surface area contributed by atoms with Gasteiger partial charge in [0.25, 0.3) is 0 Å². The summed E-state index contributed by atoms with van der Waals surface area (Å²) in [6.45, 7) is 0. The van der Waals surface area contributed by atoms with E-state index in [2.05, 4.69) is 0 Å². The number of nitrogens with two attached hydrogens (primary N) is 1. The van der Waals surface area contributed by atoms with Crippen molar-refractivity contribution >= 4 is 27.1 Å². The lowest BCUT2D eigenvalue weighted by molar-refractivity contribution is 0.476. The van der Waals surface area contributed by atoms with Gasteiger partial charge in [0.1, 0.15) is 5.75 Å². The van der Waals surface area contributed by atoms with Crippen LogP contribution in [0.3, 0.4) is 0 Å². The standard InChI is InChI=1S/C10H8N2OS/c11-3-1-6-5-8(12)10-7(9(6)13)2-4-14-10/h2,4-5,13H,1,12H2. The molecule has 1 aromatic heterocycles. The zero-order chi connectivity index (χ0) is 10.1. The number of rotatable bonds is 1. The van der Waals surface area contributed by atoms with E-state index in [0.29, 0.717) is 11.3 Å². The summed E-state index contributed by atoms with van der Waals surface area (Å²) in [6, 6.07) is 5.47. The van der Waals surface area contributed by atoms with Crippen LogP contribution in [0.4, 0.5) is 5.69 Å². The molecule has 0 amide bonds. The van der Waals surface area contributed by atoms with Gasteiger partial charge in [0.05, 0.1) is 22.9 Å². The summed E-state index contributed by atoms with van der Waals surface area (Å²) in [4.78, 5) is 0. The van der Waals surface area contributed by atoms with E-state index < -0.39 is 0 Å². The minimum atomic E-state index is 0.178. The van der Waals surface area contributed by atoms with Gasteiger partial charge in [0.2, 0.25) is 0 Å². The van der Waals surface area contributed by atoms with Crippen LogP contribution in [-0.4, -0.2) is 5.11 Å². The van der Waals surface area contributed by atoms with Gasteiger partial charge in [-0.3, -0.25) is 0 Å². The second kappa shape index (κ2) is 3.20. The molecular weight excluding hydrogens is 196 g/mol. The molecule has 0 fully saturated rings. The number of hydrogen-bond acceptors (Lipinski definition) is 4. The Kier molecular flexibility index (Phi) is 2.02. The van der Waals surface area contributed by atoms with Gasteiger partial charge in [-0.2, -0.15) is 5.26 Å². The molecule has 0 radical (unpaired) electrons. The number of phenolic OH excluding ortho intramolecular Hbond substituents is 1. The first kappa shape index (κ1) is 8.85. The van der Waals surface area contributed by atoms with Crippen molar-refractivity contribution < 1.29 is 5.11 Å². The quantitative estimate of drug-likeness (QED) is 0.553. The number of aromatic hydroxyl groups is 1. The number of nitrogen functional groups attached to an aromatic ring is 1. The van der Waals surface area contributed by atoms with Gasteiger partial charge in [-0.1, -0.05) is 0 Å². The zero-order valence-electron chi connectivity index (χ0n) is 7.32. The fourth-order valence-corrected chi connectivity index (χ4v) is 2.26. The van der Waals surface area contributed by atoms with E-state index >= 15 is 0 Å². The van der Waals surface area contributed by atoms with Gasteiger partial charge in [-0.05, 0) is 17.5 Å². The molecular formula is C10H8N2OS. The van der Waals surface area contributed by atoms with Gasteiger partial charge in [0, 0.05) is 10.9 Å². The summed E-state index contributed by atoms with van der Waals surface area (Å²) in [7, 11) is 0. The third-order valence-electron chi connectivity index (χ3n) is 2.09. The Morgan fingerprint density at radius 3 is 3.07 bits per heavy atom. The minimum Gasteiger partial charge on any atom is -0.507 e. The van der Waals surface area contributed by atoms with E-state index in [-0.39, 0.29) is 12.2 Å². The SMILES string of the molecule is N#CCc1cc(N)c2sccc2c1O. The van der Waals surface area contributed by atoms with Crippen molar-refractivity contribution in [2.75, 3.05) is 5.73 Å². The summed E-state index contributed by atoms with van der Waals surface area (Å²) in [5, 5.41) is 21.0. The number of hydrogen-bond donors (Lipinski definition) is 2. The van der Waals surface area contributed by atoms with Crippen molar-refractivity contribution in [3.63, 3.8) is 0 Å². The lowest BCUT2D eigenvalue weighted by Gasteiger charge is -2.04. The molecule has 0 bridgehead atoms. The molecule has 0 aliphatic rings. The molecule has 0 saturated carbocycles. The van der Waals surface area contributed by atoms with Crippen LogP contribution in [0, 0.1) is 11.3 Å². The maximum absolute atomic E-state index is 9.79. The van der Waals surface area contributed by atoms with E-state index in [1.54, 1.807) is 6.07 Å². The second-order valence-electron chi connectivity index (χ2n) is 2.97. The molecule has 0 spiro atoms. The van der Waals surface area contributed by atoms with Gasteiger partial charge in [0.15, 0.2) is 0 Å². The molecule has 2 rings (SSSR count). The molecule has 0 unspecified atom stereocenters. The smallest absolute Gasteiger partial charge is 0.128 e. The fourth-order valence-electron chi connectivity index (χ4n) is 1.43. The number of nitriles is 1. The molecule has 14 heavy (non-hydrogen) atoms. The van der Waals surface area contributed by atoms with E-state index in [1.165, 1.54) is 11.3 Å². The Bertz CT molecular complexity index is 525. The predicted molar refractivity (Wildman–Crippen MR) is 57.2 cm³/mol. The Balaban J connectivity index is 2.76. The zero-order valence-corrected chi connectivity index (χ0v) is 8.14. The predicted octanol–water partition coefficient (Wildman–Crippen LogP) is 2.26. The number of nitrogens with zero attached hydrogens (tertiary/aromatic N) is 1. The Morgan fingerprint density at radius 1 is 1.57 bits per heavy atom. The molecule has 1 heterocycles. The van der Waals surface area contributed by atoms with Gasteiger partial charge >= 0.3 is 0 Å². The topological polar surface area (TPSA) is 70.0 Å². The first-order chi connectivity index (χ1) is 6.74. The Morgan fingerprint density at radius 2 is 2.36 bits per heavy atom. The van der Waals surface area contributed by atoms with Crippen LogP contribution in [0.1, 0.15) is 5.56 Å². The van der Waals surface area contributed by atoms with Crippen molar-refractivity contribution in [3.05, 3.63) is 23.1 Å². The van der Waals surface area contributed by atoms with E-state index in [4.69, 9.17) is 11.0 Å². The van der Waals surface area contributed by atoms with Crippen molar-refractivity contribution in [2.24, 2.45) is 0 Å². The molecule has 0 atom stereocenters. The summed E-state index contributed by atoms with van der Waals surface area (Å²) >= 11 is 1.49. The highest BCUT2D eigenvalue weighted by Crippen LogP contribution is 2.36. The number of phenols is 1. The van der Waals surface area contributed by atoms with Crippen LogP contribution in [0.5, 0.6) is 5.75 Å². The van der Waals surface area contributed by atoms with Gasteiger partial charge in [-0.15, -0.1) is 11.3 Å². The molecule has 0 saturated heterocycles. The van der Waals surface area contributed by atoms with Gasteiger partial charge < -0.3 is 10.8 Å². The largest absolute Gasteiger partial charge is 0.507 e. The summed E-state index contributed by atoms with van der Waals surface area (Å²) in [6.07, 6.45) is 0.182. The van der Waals surface area contributed by atoms with Crippen molar-refractivity contribution in [2.45, 2.75) is 6.42 Å². The van der Waals surface area contributed by atoms with Crippen LogP contribution >= 0.6 is 11.3 Å². The average molecular weight is 204 g/mol. The second-order valence-corrected chi connectivity index (χ2v) is 3.89. The minimum absolute atomic E-state index is 0.178. The van der Waals surface area contributed by atoms with E-state index in [1.807, 2.05) is 17.5 Å². The highest BCUT2D eigenvalue weighted by atomic mass is 32.1. The maximum Gasteiger partial charge on any atom is 0.128 e. The summed E-state index contributed by atoms with van der Waals surface area (Å²) in [5.74, 6) is 0.178. The van der Waals surface area contributed by atoms with E-state index in [9.17, 15) is 5.11 Å². The Labute approximate surface area is 85.0 Å². The third kappa shape index (κ3) is 1.19.